The van der Waals surface area contributed by atoms with Gasteiger partial charge >= 0.3 is 0 Å². The SMILES string of the molecule is Cc1cccc(NC(=O)Cc2ccc(OCc3nnnn3C)cc2)n1. The Hall–Kier alpha value is -3.29. The van der Waals surface area contributed by atoms with Crippen LogP contribution in [0.15, 0.2) is 42.5 Å². The van der Waals surface area contributed by atoms with E-state index in [4.69, 9.17) is 4.74 Å². The molecular weight excluding hydrogens is 320 g/mol. The number of hydrogen-bond donors (Lipinski definition) is 1. The number of amides is 1. The van der Waals surface area contributed by atoms with Gasteiger partial charge in [0, 0.05) is 12.7 Å². The van der Waals surface area contributed by atoms with E-state index in [9.17, 15) is 4.79 Å². The average molecular weight is 338 g/mol. The molecule has 25 heavy (non-hydrogen) atoms. The summed E-state index contributed by atoms with van der Waals surface area (Å²) in [6, 6.07) is 12.8. The van der Waals surface area contributed by atoms with E-state index in [2.05, 4.69) is 25.8 Å². The second-order valence-electron chi connectivity index (χ2n) is 5.54. The van der Waals surface area contributed by atoms with Crippen LogP contribution in [0.25, 0.3) is 0 Å². The number of carbonyl (C=O) groups excluding carboxylic acids is 1. The normalized spacial score (nSPS) is 10.5. The van der Waals surface area contributed by atoms with Crippen LogP contribution in [0.4, 0.5) is 5.82 Å². The summed E-state index contributed by atoms with van der Waals surface area (Å²) in [5, 5.41) is 13.9. The van der Waals surface area contributed by atoms with Gasteiger partial charge in [0.25, 0.3) is 0 Å². The van der Waals surface area contributed by atoms with Crippen molar-refractivity contribution in [2.75, 3.05) is 5.32 Å². The number of carbonyl (C=O) groups is 1. The fraction of sp³-hybridized carbons (Fsp3) is 0.235. The lowest BCUT2D eigenvalue weighted by molar-refractivity contribution is -0.115. The number of nitrogens with zero attached hydrogens (tertiary/aromatic N) is 5. The first-order valence-corrected chi connectivity index (χ1v) is 7.76. The lowest BCUT2D eigenvalue weighted by Crippen LogP contribution is -2.15. The fourth-order valence-electron chi connectivity index (χ4n) is 2.21. The zero-order valence-corrected chi connectivity index (χ0v) is 14.0. The first-order valence-electron chi connectivity index (χ1n) is 7.76. The Morgan fingerprint density at radius 3 is 2.68 bits per heavy atom. The summed E-state index contributed by atoms with van der Waals surface area (Å²) in [5.74, 6) is 1.76. The summed E-state index contributed by atoms with van der Waals surface area (Å²) >= 11 is 0. The van der Waals surface area contributed by atoms with E-state index in [-0.39, 0.29) is 18.9 Å². The molecule has 1 N–H and O–H groups in total. The van der Waals surface area contributed by atoms with Crippen molar-refractivity contribution in [2.24, 2.45) is 7.05 Å². The van der Waals surface area contributed by atoms with Crippen LogP contribution in [-0.4, -0.2) is 31.1 Å². The Morgan fingerprint density at radius 2 is 2.00 bits per heavy atom. The fourth-order valence-corrected chi connectivity index (χ4v) is 2.21. The molecule has 3 aromatic rings. The third kappa shape index (κ3) is 4.60. The summed E-state index contributed by atoms with van der Waals surface area (Å²) in [7, 11) is 1.75. The van der Waals surface area contributed by atoms with Crippen molar-refractivity contribution in [3.63, 3.8) is 0 Å². The third-order valence-electron chi connectivity index (χ3n) is 3.52. The number of hydrogen-bond acceptors (Lipinski definition) is 6. The molecule has 0 aliphatic rings. The number of pyridine rings is 1. The van der Waals surface area contributed by atoms with Gasteiger partial charge in [0.2, 0.25) is 5.91 Å². The highest BCUT2D eigenvalue weighted by Gasteiger charge is 2.07. The molecule has 8 nitrogen and oxygen atoms in total. The smallest absolute Gasteiger partial charge is 0.229 e. The molecular formula is C17H18N6O2. The Kier molecular flexibility index (Phi) is 4.98. The monoisotopic (exact) mass is 338 g/mol. The molecule has 0 spiro atoms. The van der Waals surface area contributed by atoms with E-state index < -0.39 is 0 Å². The zero-order valence-electron chi connectivity index (χ0n) is 14.0. The van der Waals surface area contributed by atoms with Gasteiger partial charge in [-0.15, -0.1) is 5.10 Å². The highest BCUT2D eigenvalue weighted by Crippen LogP contribution is 2.14. The van der Waals surface area contributed by atoms with Crippen molar-refractivity contribution in [1.82, 2.24) is 25.2 Å². The summed E-state index contributed by atoms with van der Waals surface area (Å²) in [5.41, 5.74) is 1.75. The van der Waals surface area contributed by atoms with Gasteiger partial charge in [0.05, 0.1) is 6.42 Å². The van der Waals surface area contributed by atoms with Crippen molar-refractivity contribution >= 4 is 11.7 Å². The van der Waals surface area contributed by atoms with Crippen molar-refractivity contribution in [3.8, 4) is 5.75 Å². The molecule has 2 heterocycles. The van der Waals surface area contributed by atoms with E-state index in [1.165, 1.54) is 0 Å². The van der Waals surface area contributed by atoms with Crippen molar-refractivity contribution in [3.05, 3.63) is 59.5 Å². The van der Waals surface area contributed by atoms with Crippen molar-refractivity contribution < 1.29 is 9.53 Å². The number of tetrazole rings is 1. The largest absolute Gasteiger partial charge is 0.486 e. The van der Waals surface area contributed by atoms with Gasteiger partial charge in [0.1, 0.15) is 18.2 Å². The highest BCUT2D eigenvalue weighted by molar-refractivity contribution is 5.91. The molecule has 0 aliphatic carbocycles. The molecule has 0 saturated carbocycles. The molecule has 2 aromatic heterocycles. The predicted molar refractivity (Wildman–Crippen MR) is 90.9 cm³/mol. The number of aromatic nitrogens is 5. The van der Waals surface area contributed by atoms with E-state index in [1.807, 2.05) is 43.3 Å². The summed E-state index contributed by atoms with van der Waals surface area (Å²) in [6.07, 6.45) is 0.267. The van der Waals surface area contributed by atoms with Crippen molar-refractivity contribution in [2.45, 2.75) is 20.0 Å². The van der Waals surface area contributed by atoms with Gasteiger partial charge in [-0.2, -0.15) is 0 Å². The molecule has 0 saturated heterocycles. The Labute approximate surface area is 144 Å². The van der Waals surface area contributed by atoms with Gasteiger partial charge in [-0.1, -0.05) is 18.2 Å². The van der Waals surface area contributed by atoms with Gasteiger partial charge < -0.3 is 10.1 Å². The lowest BCUT2D eigenvalue weighted by atomic mass is 10.1. The van der Waals surface area contributed by atoms with Crippen LogP contribution in [-0.2, 0) is 24.9 Å². The van der Waals surface area contributed by atoms with Gasteiger partial charge in [-0.25, -0.2) is 9.67 Å². The van der Waals surface area contributed by atoms with Crippen LogP contribution < -0.4 is 10.1 Å². The summed E-state index contributed by atoms with van der Waals surface area (Å²) in [6.45, 7) is 2.16. The Bertz CT molecular complexity index is 860. The topological polar surface area (TPSA) is 94.8 Å². The zero-order chi connectivity index (χ0) is 17.6. The number of nitrogens with one attached hydrogen (secondary N) is 1. The maximum absolute atomic E-state index is 12.1. The van der Waals surface area contributed by atoms with Crippen LogP contribution in [0.3, 0.4) is 0 Å². The number of aryl methyl sites for hydroxylation is 2. The van der Waals surface area contributed by atoms with E-state index in [0.717, 1.165) is 11.3 Å². The first-order chi connectivity index (χ1) is 12.1. The predicted octanol–water partition coefficient (Wildman–Crippen LogP) is 1.67. The maximum atomic E-state index is 12.1. The minimum Gasteiger partial charge on any atom is -0.486 e. The first kappa shape index (κ1) is 16.6. The van der Waals surface area contributed by atoms with Crippen LogP contribution in [0.2, 0.25) is 0 Å². The number of rotatable bonds is 6. The molecule has 0 aliphatic heterocycles. The van der Waals surface area contributed by atoms with Gasteiger partial charge in [-0.05, 0) is 47.2 Å². The molecule has 8 heteroatoms. The number of anilines is 1. The molecule has 0 bridgehead atoms. The Morgan fingerprint density at radius 1 is 1.20 bits per heavy atom. The van der Waals surface area contributed by atoms with Crippen LogP contribution in [0.5, 0.6) is 5.75 Å². The molecule has 0 fully saturated rings. The van der Waals surface area contributed by atoms with E-state index >= 15 is 0 Å². The molecule has 1 aromatic carbocycles. The molecule has 0 atom stereocenters. The molecule has 128 valence electrons. The second-order valence-corrected chi connectivity index (χ2v) is 5.54. The van der Waals surface area contributed by atoms with Crippen molar-refractivity contribution in [1.29, 1.82) is 0 Å². The lowest BCUT2D eigenvalue weighted by Gasteiger charge is -2.07. The molecule has 0 unspecified atom stereocenters. The van der Waals surface area contributed by atoms with E-state index in [0.29, 0.717) is 17.4 Å². The Balaban J connectivity index is 1.53. The quantitative estimate of drug-likeness (QED) is 0.735. The van der Waals surface area contributed by atoms with Gasteiger partial charge in [0.15, 0.2) is 5.82 Å². The standard InChI is InChI=1S/C17H18N6O2/c1-12-4-3-5-15(18-12)19-17(24)10-13-6-8-14(9-7-13)25-11-16-20-21-22-23(16)2/h3-9H,10-11H2,1-2H3,(H,18,19,24). The van der Waals surface area contributed by atoms with Crippen LogP contribution in [0.1, 0.15) is 17.1 Å². The average Bonchev–Trinajstić information content (AvgIpc) is 2.99. The summed E-state index contributed by atoms with van der Waals surface area (Å²) < 4.78 is 7.18. The number of benzene rings is 1. The number of ether oxygens (including phenoxy) is 1. The minimum absolute atomic E-state index is 0.114. The minimum atomic E-state index is -0.114. The molecule has 3 rings (SSSR count). The molecule has 0 radical (unpaired) electrons. The van der Waals surface area contributed by atoms with Crippen LogP contribution in [0, 0.1) is 6.92 Å². The highest BCUT2D eigenvalue weighted by atomic mass is 16.5. The van der Waals surface area contributed by atoms with E-state index in [1.54, 1.807) is 17.8 Å². The maximum Gasteiger partial charge on any atom is 0.229 e. The second kappa shape index (κ2) is 7.52. The molecule has 1 amide bonds. The van der Waals surface area contributed by atoms with Gasteiger partial charge in [-0.3, -0.25) is 4.79 Å². The summed E-state index contributed by atoms with van der Waals surface area (Å²) in [4.78, 5) is 16.3. The third-order valence-corrected chi connectivity index (χ3v) is 3.52. The van der Waals surface area contributed by atoms with Crippen LogP contribution >= 0.6 is 0 Å².